The molecule has 0 atom stereocenters. The normalized spacial score (nSPS) is 15.0. The molecule has 2 N–H and O–H groups in total. The Kier molecular flexibility index (Phi) is 7.57. The van der Waals surface area contributed by atoms with Crippen LogP contribution in [0.1, 0.15) is 42.7 Å². The first-order chi connectivity index (χ1) is 14.3. The summed E-state index contributed by atoms with van der Waals surface area (Å²) in [6.07, 6.45) is 9.88. The van der Waals surface area contributed by atoms with Crippen LogP contribution in [-0.4, -0.2) is 46.6 Å². The lowest BCUT2D eigenvalue weighted by molar-refractivity contribution is 0.0654. The summed E-state index contributed by atoms with van der Waals surface area (Å²) in [6.45, 7) is 9.18. The van der Waals surface area contributed by atoms with Crippen molar-refractivity contribution in [2.24, 2.45) is 10.9 Å². The fourth-order valence-electron chi connectivity index (χ4n) is 3.37. The van der Waals surface area contributed by atoms with Crippen LogP contribution in [0.2, 0.25) is 0 Å². The average Bonchev–Trinajstić information content (AvgIpc) is 3.29. The summed E-state index contributed by atoms with van der Waals surface area (Å²) < 4.78 is 5.20. The summed E-state index contributed by atoms with van der Waals surface area (Å²) >= 11 is 0. The Balaban J connectivity index is 1.34. The molecule has 1 saturated heterocycles. The van der Waals surface area contributed by atoms with Crippen molar-refractivity contribution in [2.45, 2.75) is 32.1 Å². The number of unbranched alkanes of at least 4 members (excludes halogenated alkanes) is 1. The quantitative estimate of drug-likeness (QED) is 0.246. The summed E-state index contributed by atoms with van der Waals surface area (Å²) in [7, 11) is 0. The Morgan fingerprint density at radius 3 is 2.86 bits per heavy atom. The van der Waals surface area contributed by atoms with Crippen molar-refractivity contribution in [3.63, 3.8) is 0 Å². The number of hydrogen-bond acceptors (Lipinski definition) is 5. The van der Waals surface area contributed by atoms with Gasteiger partial charge in [0.05, 0.1) is 24.3 Å². The van der Waals surface area contributed by atoms with E-state index in [0.29, 0.717) is 24.2 Å². The van der Waals surface area contributed by atoms with Crippen molar-refractivity contribution in [1.82, 2.24) is 20.5 Å². The highest BCUT2D eigenvalue weighted by molar-refractivity contribution is 5.93. The van der Waals surface area contributed by atoms with E-state index in [-0.39, 0.29) is 5.91 Å². The number of nitrogens with one attached hydrogen (secondary N) is 2. The number of aromatic nitrogens is 2. The highest BCUT2D eigenvalue weighted by Gasteiger charge is 2.24. The van der Waals surface area contributed by atoms with E-state index in [2.05, 4.69) is 30.9 Å². The minimum Gasteiger partial charge on any atom is -0.459 e. The van der Waals surface area contributed by atoms with Crippen molar-refractivity contribution in [3.05, 3.63) is 54.1 Å². The van der Waals surface area contributed by atoms with Gasteiger partial charge in [0.1, 0.15) is 0 Å². The summed E-state index contributed by atoms with van der Waals surface area (Å²) in [4.78, 5) is 21.8. The molecule has 3 heterocycles. The first kappa shape index (κ1) is 20.3. The molecule has 0 aliphatic carbocycles. The van der Waals surface area contributed by atoms with E-state index in [0.717, 1.165) is 50.9 Å². The number of carbonyl (C=O) groups excluding carboxylic acids is 1. The topological polar surface area (TPSA) is 100 Å². The van der Waals surface area contributed by atoms with E-state index in [1.807, 2.05) is 4.90 Å². The van der Waals surface area contributed by atoms with Gasteiger partial charge in [-0.15, -0.1) is 0 Å². The summed E-state index contributed by atoms with van der Waals surface area (Å²) in [5.74, 6) is 1.46. The predicted octanol–water partition coefficient (Wildman–Crippen LogP) is 2.98. The average molecular weight is 395 g/mol. The van der Waals surface area contributed by atoms with E-state index in [1.54, 1.807) is 30.6 Å². The van der Waals surface area contributed by atoms with E-state index < -0.39 is 0 Å². The van der Waals surface area contributed by atoms with Crippen LogP contribution in [0.25, 0.3) is 4.95 Å². The van der Waals surface area contributed by atoms with Gasteiger partial charge >= 0.3 is 0 Å². The standard InChI is InChI=1S/C20H25N7O2/c1-21-26-20(25-17-7-11-23-24-15-17)22-10-3-2-5-16-8-12-27(13-9-16)19(28)18-6-4-14-29-18/h4,6-7,11,14-16H,2-3,5,8-10,12-13H2,(H2,22,23,25,26). The number of rotatable bonds is 7. The number of likely N-dealkylation sites (tertiary alicyclic amines) is 1. The number of furan rings is 1. The molecule has 1 aliphatic heterocycles. The third kappa shape index (κ3) is 6.31. The smallest absolute Gasteiger partial charge is 0.289 e. The molecule has 2 aromatic heterocycles. The van der Waals surface area contributed by atoms with Crippen molar-refractivity contribution < 1.29 is 9.21 Å². The number of aliphatic imine (C=N–C) groups is 1. The predicted molar refractivity (Wildman–Crippen MR) is 109 cm³/mol. The van der Waals surface area contributed by atoms with Gasteiger partial charge in [0.2, 0.25) is 0 Å². The van der Waals surface area contributed by atoms with Gasteiger partial charge in [-0.05, 0) is 43.4 Å². The molecule has 9 heteroatoms. The summed E-state index contributed by atoms with van der Waals surface area (Å²) in [5, 5.41) is 10.5. The largest absolute Gasteiger partial charge is 0.459 e. The molecule has 9 nitrogen and oxygen atoms in total. The number of nitrogens with zero attached hydrogens (tertiary/aromatic N) is 5. The zero-order valence-electron chi connectivity index (χ0n) is 16.3. The fraction of sp³-hybridized carbons (Fsp3) is 0.450. The lowest BCUT2D eigenvalue weighted by atomic mass is 9.91. The molecule has 152 valence electrons. The molecule has 0 radical (unpaired) electrons. The highest BCUT2D eigenvalue weighted by Crippen LogP contribution is 2.23. The van der Waals surface area contributed by atoms with E-state index in [4.69, 9.17) is 11.0 Å². The van der Waals surface area contributed by atoms with Gasteiger partial charge in [0.15, 0.2) is 5.76 Å². The second kappa shape index (κ2) is 10.8. The number of guanidine groups is 1. The second-order valence-electron chi connectivity index (χ2n) is 6.92. The molecular formula is C20H25N7O2. The Hall–Kier alpha value is -3.41. The number of hydrogen-bond donors (Lipinski definition) is 2. The maximum absolute atomic E-state index is 12.3. The molecule has 0 bridgehead atoms. The van der Waals surface area contributed by atoms with Crippen molar-refractivity contribution in [1.29, 1.82) is 0 Å². The van der Waals surface area contributed by atoms with Crippen LogP contribution >= 0.6 is 0 Å². The molecule has 2 aromatic rings. The molecule has 0 aromatic carbocycles. The lowest BCUT2D eigenvalue weighted by Gasteiger charge is -2.31. The number of carbonyl (C=O) groups is 1. The third-order valence-corrected chi connectivity index (χ3v) is 4.93. The molecule has 1 amide bonds. The minimum atomic E-state index is -0.0143. The Morgan fingerprint density at radius 2 is 2.17 bits per heavy atom. The zero-order chi connectivity index (χ0) is 20.3. The van der Waals surface area contributed by atoms with Crippen LogP contribution in [-0.2, 0) is 0 Å². The van der Waals surface area contributed by atoms with Crippen LogP contribution in [0.15, 0.2) is 46.3 Å². The van der Waals surface area contributed by atoms with E-state index >= 15 is 0 Å². The summed E-state index contributed by atoms with van der Waals surface area (Å²) in [5.41, 5.74) is 3.26. The first-order valence-electron chi connectivity index (χ1n) is 9.79. The van der Waals surface area contributed by atoms with Crippen LogP contribution < -0.4 is 10.7 Å². The van der Waals surface area contributed by atoms with Crippen molar-refractivity contribution >= 4 is 17.6 Å². The molecule has 1 aliphatic rings. The molecular weight excluding hydrogens is 370 g/mol. The minimum absolute atomic E-state index is 0.0143. The maximum Gasteiger partial charge on any atom is 0.289 e. The van der Waals surface area contributed by atoms with Gasteiger partial charge in [0, 0.05) is 19.6 Å². The highest BCUT2D eigenvalue weighted by atomic mass is 16.3. The van der Waals surface area contributed by atoms with E-state index in [1.165, 1.54) is 6.26 Å². The van der Waals surface area contributed by atoms with Crippen LogP contribution in [0.5, 0.6) is 0 Å². The second-order valence-corrected chi connectivity index (χ2v) is 6.92. The van der Waals surface area contributed by atoms with Gasteiger partial charge < -0.3 is 14.6 Å². The number of anilines is 1. The SMILES string of the molecule is [C-]#[N+]NC(=NCCCCC1CCN(C(=O)c2ccco2)CC1)Nc1ccnnc1. The third-order valence-electron chi connectivity index (χ3n) is 4.93. The van der Waals surface area contributed by atoms with Crippen LogP contribution in [0.3, 0.4) is 0 Å². The molecule has 1 fully saturated rings. The van der Waals surface area contributed by atoms with Crippen LogP contribution in [0.4, 0.5) is 5.69 Å². The summed E-state index contributed by atoms with van der Waals surface area (Å²) in [6, 6.07) is 5.22. The Bertz CT molecular complexity index is 822. The molecule has 0 unspecified atom stereocenters. The van der Waals surface area contributed by atoms with Crippen molar-refractivity contribution in [2.75, 3.05) is 25.0 Å². The number of amides is 1. The zero-order valence-corrected chi connectivity index (χ0v) is 16.3. The molecule has 0 saturated carbocycles. The Labute approximate surface area is 170 Å². The maximum atomic E-state index is 12.3. The Morgan fingerprint density at radius 1 is 1.31 bits per heavy atom. The number of piperidine rings is 1. The monoisotopic (exact) mass is 395 g/mol. The van der Waals surface area contributed by atoms with Crippen molar-refractivity contribution in [3.8, 4) is 0 Å². The lowest BCUT2D eigenvalue weighted by Crippen LogP contribution is -2.38. The van der Waals surface area contributed by atoms with Crippen LogP contribution in [0, 0.1) is 12.5 Å². The molecule has 29 heavy (non-hydrogen) atoms. The van der Waals surface area contributed by atoms with E-state index in [9.17, 15) is 4.79 Å². The first-order valence-corrected chi connectivity index (χ1v) is 9.79. The molecule has 3 rings (SSSR count). The van der Waals surface area contributed by atoms with Gasteiger partial charge in [-0.25, -0.2) is 4.99 Å². The molecule has 0 spiro atoms. The fourth-order valence-corrected chi connectivity index (χ4v) is 3.37. The van der Waals surface area contributed by atoms with Gasteiger partial charge in [-0.2, -0.15) is 21.7 Å². The van der Waals surface area contributed by atoms with Gasteiger partial charge in [-0.1, -0.05) is 18.3 Å². The van der Waals surface area contributed by atoms with Gasteiger partial charge in [-0.3, -0.25) is 4.79 Å². The van der Waals surface area contributed by atoms with Gasteiger partial charge in [0.25, 0.3) is 11.9 Å².